The van der Waals surface area contributed by atoms with Crippen molar-refractivity contribution in [1.82, 2.24) is 9.88 Å². The molecule has 2 heterocycles. The molecular formula is C30H35N3O3. The Balaban J connectivity index is 1.67. The van der Waals surface area contributed by atoms with Gasteiger partial charge < -0.3 is 15.2 Å². The number of carbonyl (C=O) groups is 1. The fourth-order valence-corrected chi connectivity index (χ4v) is 5.56. The van der Waals surface area contributed by atoms with Crippen LogP contribution in [-0.4, -0.2) is 44.6 Å². The van der Waals surface area contributed by atoms with Crippen molar-refractivity contribution in [3.8, 4) is 0 Å². The molecule has 4 rings (SSSR count). The van der Waals surface area contributed by atoms with Gasteiger partial charge in [-0.05, 0) is 53.6 Å². The Labute approximate surface area is 213 Å². The standard InChI is InChI=1S/C30H35N3O3/c1-19-8-6-7-9-24(19)25(17-27(32-36)23-14-15-31-20(2)16-23)21-10-12-22(13-11-21)26-18-33(29(34)35)28(26)30(3,4)5/h6-16,25-26,28,36H,17-18H2,1-5H3,(H,34,35)/t25?,26?,28-/m1/s1. The van der Waals surface area contributed by atoms with Gasteiger partial charge >= 0.3 is 6.09 Å². The summed E-state index contributed by atoms with van der Waals surface area (Å²) in [5.41, 5.74) is 6.83. The lowest BCUT2D eigenvalue weighted by atomic mass is 9.69. The lowest BCUT2D eigenvalue weighted by Gasteiger charge is -2.53. The third-order valence-electron chi connectivity index (χ3n) is 7.32. The van der Waals surface area contributed by atoms with Crippen LogP contribution in [0.1, 0.15) is 72.5 Å². The third-order valence-corrected chi connectivity index (χ3v) is 7.32. The van der Waals surface area contributed by atoms with Crippen LogP contribution >= 0.6 is 0 Å². The van der Waals surface area contributed by atoms with Crippen molar-refractivity contribution in [3.05, 3.63) is 100 Å². The van der Waals surface area contributed by atoms with E-state index in [0.29, 0.717) is 18.7 Å². The average molecular weight is 486 g/mol. The molecule has 6 heteroatoms. The second-order valence-electron chi connectivity index (χ2n) is 10.9. The molecule has 36 heavy (non-hydrogen) atoms. The summed E-state index contributed by atoms with van der Waals surface area (Å²) in [7, 11) is 0. The predicted octanol–water partition coefficient (Wildman–Crippen LogP) is 6.59. The SMILES string of the molecule is Cc1cc(C(CC(c2ccc(C3CN(C(=O)O)[C@H]3C(C)(C)C)cc2)c2ccccc2C)=NO)ccn1. The van der Waals surface area contributed by atoms with Crippen LogP contribution in [0, 0.1) is 19.3 Å². The first-order chi connectivity index (χ1) is 17.1. The van der Waals surface area contributed by atoms with E-state index in [1.165, 1.54) is 11.1 Å². The molecule has 0 spiro atoms. The van der Waals surface area contributed by atoms with Gasteiger partial charge in [0, 0.05) is 48.3 Å². The Morgan fingerprint density at radius 3 is 2.39 bits per heavy atom. The number of oxime groups is 1. The maximum absolute atomic E-state index is 11.7. The average Bonchev–Trinajstić information content (AvgIpc) is 2.79. The quantitative estimate of drug-likeness (QED) is 0.234. The van der Waals surface area contributed by atoms with Crippen LogP contribution in [0.4, 0.5) is 4.79 Å². The van der Waals surface area contributed by atoms with E-state index in [1.54, 1.807) is 11.1 Å². The van der Waals surface area contributed by atoms with Crippen molar-refractivity contribution < 1.29 is 15.1 Å². The van der Waals surface area contributed by atoms with E-state index in [2.05, 4.69) is 74.2 Å². The van der Waals surface area contributed by atoms with Crippen LogP contribution in [0.15, 0.2) is 72.0 Å². The summed E-state index contributed by atoms with van der Waals surface area (Å²) in [5, 5.41) is 23.2. The van der Waals surface area contributed by atoms with Crippen molar-refractivity contribution in [2.24, 2.45) is 10.6 Å². The van der Waals surface area contributed by atoms with Gasteiger partial charge in [0.05, 0.1) is 5.71 Å². The number of hydrogen-bond acceptors (Lipinski definition) is 4. The maximum atomic E-state index is 11.7. The summed E-state index contributed by atoms with van der Waals surface area (Å²) in [5.74, 6) is 0.163. The molecule has 2 aromatic carbocycles. The molecule has 6 nitrogen and oxygen atoms in total. The van der Waals surface area contributed by atoms with Gasteiger partial charge in [-0.25, -0.2) is 4.79 Å². The van der Waals surface area contributed by atoms with E-state index in [4.69, 9.17) is 0 Å². The van der Waals surface area contributed by atoms with Crippen LogP contribution in [0.25, 0.3) is 0 Å². The Bertz CT molecular complexity index is 1260. The molecular weight excluding hydrogens is 450 g/mol. The first-order valence-electron chi connectivity index (χ1n) is 12.4. The topological polar surface area (TPSA) is 86.0 Å². The van der Waals surface area contributed by atoms with Gasteiger partial charge in [-0.1, -0.05) is 74.5 Å². The number of hydrogen-bond donors (Lipinski definition) is 2. The minimum Gasteiger partial charge on any atom is -0.465 e. The first-order valence-corrected chi connectivity index (χ1v) is 12.4. The zero-order chi connectivity index (χ0) is 26.0. The Kier molecular flexibility index (Phi) is 7.16. The molecule has 1 fully saturated rings. The molecule has 1 amide bonds. The molecule has 3 atom stereocenters. The highest BCUT2D eigenvalue weighted by molar-refractivity contribution is 6.01. The Morgan fingerprint density at radius 1 is 1.11 bits per heavy atom. The second-order valence-corrected chi connectivity index (χ2v) is 10.9. The monoisotopic (exact) mass is 485 g/mol. The van der Waals surface area contributed by atoms with Crippen molar-refractivity contribution in [3.63, 3.8) is 0 Å². The maximum Gasteiger partial charge on any atom is 0.407 e. The number of likely N-dealkylation sites (tertiary alicyclic amines) is 1. The van der Waals surface area contributed by atoms with Crippen LogP contribution in [-0.2, 0) is 0 Å². The molecule has 1 aromatic heterocycles. The van der Waals surface area contributed by atoms with E-state index in [-0.39, 0.29) is 23.3 Å². The molecule has 0 radical (unpaired) electrons. The van der Waals surface area contributed by atoms with Crippen molar-refractivity contribution >= 4 is 11.8 Å². The van der Waals surface area contributed by atoms with Crippen molar-refractivity contribution in [2.75, 3.05) is 6.54 Å². The number of benzene rings is 2. The van der Waals surface area contributed by atoms with Gasteiger partial charge in [-0.15, -0.1) is 0 Å². The second kappa shape index (κ2) is 10.1. The molecule has 2 N–H and O–H groups in total. The zero-order valence-corrected chi connectivity index (χ0v) is 21.6. The van der Waals surface area contributed by atoms with Gasteiger partial charge in [0.25, 0.3) is 0 Å². The minimum absolute atomic E-state index is 0.00468. The fraction of sp³-hybridized carbons (Fsp3) is 0.367. The highest BCUT2D eigenvalue weighted by Gasteiger charge is 2.48. The van der Waals surface area contributed by atoms with Gasteiger partial charge in [-0.3, -0.25) is 4.98 Å². The molecule has 1 saturated heterocycles. The lowest BCUT2D eigenvalue weighted by Crippen LogP contribution is -2.62. The molecule has 0 bridgehead atoms. The third kappa shape index (κ3) is 5.13. The van der Waals surface area contributed by atoms with E-state index in [1.807, 2.05) is 31.2 Å². The summed E-state index contributed by atoms with van der Waals surface area (Å²) in [4.78, 5) is 17.5. The smallest absolute Gasteiger partial charge is 0.407 e. The molecule has 188 valence electrons. The summed E-state index contributed by atoms with van der Waals surface area (Å²) in [6.45, 7) is 10.8. The molecule has 1 aliphatic rings. The van der Waals surface area contributed by atoms with Crippen molar-refractivity contribution in [1.29, 1.82) is 0 Å². The number of carboxylic acid groups (broad SMARTS) is 1. The van der Waals surface area contributed by atoms with Gasteiger partial charge in [0.2, 0.25) is 0 Å². The highest BCUT2D eigenvalue weighted by atomic mass is 16.4. The van der Waals surface area contributed by atoms with E-state index in [0.717, 1.165) is 22.4 Å². The summed E-state index contributed by atoms with van der Waals surface area (Å²) in [6, 6.07) is 20.6. The molecule has 0 aliphatic carbocycles. The van der Waals surface area contributed by atoms with Gasteiger partial charge in [-0.2, -0.15) is 0 Å². The molecule has 1 aliphatic heterocycles. The fourth-order valence-electron chi connectivity index (χ4n) is 5.56. The number of pyridine rings is 1. The molecule has 2 unspecified atom stereocenters. The largest absolute Gasteiger partial charge is 0.465 e. The van der Waals surface area contributed by atoms with Crippen molar-refractivity contribution in [2.45, 2.75) is 58.9 Å². The number of nitrogens with zero attached hydrogens (tertiary/aromatic N) is 3. The van der Waals surface area contributed by atoms with Crippen LogP contribution in [0.5, 0.6) is 0 Å². The summed E-state index contributed by atoms with van der Waals surface area (Å²) < 4.78 is 0. The minimum atomic E-state index is -0.857. The van der Waals surface area contributed by atoms with Gasteiger partial charge in [0.15, 0.2) is 0 Å². The van der Waals surface area contributed by atoms with E-state index >= 15 is 0 Å². The van der Waals surface area contributed by atoms with Crippen LogP contribution in [0.2, 0.25) is 0 Å². The van der Waals surface area contributed by atoms with Gasteiger partial charge in [0.1, 0.15) is 0 Å². The Hall–Kier alpha value is -3.67. The number of aryl methyl sites for hydroxylation is 2. The lowest BCUT2D eigenvalue weighted by molar-refractivity contribution is -0.00162. The number of rotatable bonds is 6. The normalized spacial score (nSPS) is 19.0. The number of aromatic nitrogens is 1. The molecule has 3 aromatic rings. The zero-order valence-electron chi connectivity index (χ0n) is 21.6. The predicted molar refractivity (Wildman–Crippen MR) is 142 cm³/mol. The van der Waals surface area contributed by atoms with E-state index in [9.17, 15) is 15.1 Å². The summed E-state index contributed by atoms with van der Waals surface area (Å²) >= 11 is 0. The first kappa shape index (κ1) is 25.4. The highest BCUT2D eigenvalue weighted by Crippen LogP contribution is 2.44. The van der Waals surface area contributed by atoms with E-state index < -0.39 is 6.09 Å². The number of amides is 1. The molecule has 0 saturated carbocycles. The Morgan fingerprint density at radius 2 is 1.81 bits per heavy atom. The van der Waals surface area contributed by atoms with Crippen LogP contribution in [0.3, 0.4) is 0 Å². The van der Waals surface area contributed by atoms with Crippen LogP contribution < -0.4 is 0 Å². The summed E-state index contributed by atoms with van der Waals surface area (Å²) in [6.07, 6.45) is 1.41.